The number of H-pyrrole nitrogens is 1. The van der Waals surface area contributed by atoms with Crippen molar-refractivity contribution in [2.45, 2.75) is 32.7 Å². The van der Waals surface area contributed by atoms with Crippen LogP contribution in [0.3, 0.4) is 0 Å². The number of aromatic hydroxyl groups is 1. The summed E-state index contributed by atoms with van der Waals surface area (Å²) in [5.74, 6) is 1.64. The van der Waals surface area contributed by atoms with Crippen molar-refractivity contribution < 1.29 is 9.84 Å². The molecule has 0 unspecified atom stereocenters. The molecule has 2 aromatic carbocycles. The van der Waals surface area contributed by atoms with Crippen LogP contribution in [0.2, 0.25) is 0 Å². The van der Waals surface area contributed by atoms with Crippen LogP contribution in [0.5, 0.6) is 11.8 Å². The van der Waals surface area contributed by atoms with Crippen LogP contribution in [0, 0.1) is 0 Å². The fourth-order valence-electron chi connectivity index (χ4n) is 4.08. The standard InChI is InChI=1S/C24H24N8O2/c1-3-4-9-19-25-20-21(23(33)28-29-24(20)34-2)32(19)14-15-10-12-16(13-11-15)17-7-5-6-8-18(17)22-26-30-31-27-22/h5-8,10-13H,3-4,9,14H2,1-2H3,(H,28,33)(H,26,27,30,31). The predicted molar refractivity (Wildman–Crippen MR) is 126 cm³/mol. The molecule has 0 bridgehead atoms. The average Bonchev–Trinajstić information content (AvgIpc) is 3.53. The van der Waals surface area contributed by atoms with Gasteiger partial charge in [-0.3, -0.25) is 0 Å². The van der Waals surface area contributed by atoms with Gasteiger partial charge in [0.25, 0.3) is 11.8 Å². The van der Waals surface area contributed by atoms with Crippen molar-refractivity contribution in [1.29, 1.82) is 0 Å². The molecule has 0 spiro atoms. The smallest absolute Gasteiger partial charge is 0.261 e. The molecule has 5 aromatic rings. The van der Waals surface area contributed by atoms with Crippen LogP contribution < -0.4 is 4.74 Å². The zero-order valence-corrected chi connectivity index (χ0v) is 18.9. The van der Waals surface area contributed by atoms with E-state index in [-0.39, 0.29) is 5.88 Å². The van der Waals surface area contributed by atoms with Crippen molar-refractivity contribution in [3.05, 3.63) is 59.9 Å². The first-order valence-corrected chi connectivity index (χ1v) is 11.1. The van der Waals surface area contributed by atoms with E-state index in [1.807, 2.05) is 28.8 Å². The summed E-state index contributed by atoms with van der Waals surface area (Å²) in [6.07, 6.45) is 2.81. The lowest BCUT2D eigenvalue weighted by atomic mass is 9.98. The number of fused-ring (bicyclic) bond motifs is 1. The molecule has 0 aliphatic carbocycles. The highest BCUT2D eigenvalue weighted by molar-refractivity contribution is 5.85. The van der Waals surface area contributed by atoms with E-state index in [1.165, 1.54) is 7.11 Å². The molecule has 3 heterocycles. The number of nitrogens with zero attached hydrogens (tertiary/aromatic N) is 7. The van der Waals surface area contributed by atoms with Crippen LogP contribution in [-0.2, 0) is 13.0 Å². The number of aryl methyl sites for hydroxylation is 1. The normalized spacial score (nSPS) is 11.2. The molecule has 0 amide bonds. The van der Waals surface area contributed by atoms with E-state index in [9.17, 15) is 5.11 Å². The quantitative estimate of drug-likeness (QED) is 0.361. The number of tetrazole rings is 1. The SMILES string of the molecule is CCCCc1nc2c(OC)nnc(O)c2n1Cc1ccc(-c2ccccc2-c2nnn[nH]2)cc1. The van der Waals surface area contributed by atoms with Crippen LogP contribution in [0.15, 0.2) is 48.5 Å². The summed E-state index contributed by atoms with van der Waals surface area (Å²) in [5, 5.41) is 32.6. The Bertz CT molecular complexity index is 1410. The van der Waals surface area contributed by atoms with Gasteiger partial charge < -0.3 is 14.4 Å². The number of unbranched alkanes of at least 4 members (excludes halogenated alkanes) is 1. The summed E-state index contributed by atoms with van der Waals surface area (Å²) in [4.78, 5) is 4.74. The third-order valence-corrected chi connectivity index (χ3v) is 5.78. The number of methoxy groups -OCH3 is 1. The van der Waals surface area contributed by atoms with Crippen LogP contribution in [0.4, 0.5) is 0 Å². The summed E-state index contributed by atoms with van der Waals surface area (Å²) in [7, 11) is 1.52. The maximum Gasteiger partial charge on any atom is 0.261 e. The fourth-order valence-corrected chi connectivity index (χ4v) is 4.08. The minimum atomic E-state index is -0.155. The molecule has 0 fully saturated rings. The Balaban J connectivity index is 1.51. The Kier molecular flexibility index (Phi) is 5.86. The largest absolute Gasteiger partial charge is 0.491 e. The Labute approximate surface area is 195 Å². The van der Waals surface area contributed by atoms with Gasteiger partial charge in [0.15, 0.2) is 11.3 Å². The first kappa shape index (κ1) is 21.5. The maximum absolute atomic E-state index is 10.5. The minimum Gasteiger partial charge on any atom is -0.491 e. The number of imidazole rings is 1. The highest BCUT2D eigenvalue weighted by Crippen LogP contribution is 2.32. The van der Waals surface area contributed by atoms with Gasteiger partial charge in [0.05, 0.1) is 7.11 Å². The molecule has 34 heavy (non-hydrogen) atoms. The average molecular weight is 457 g/mol. The third kappa shape index (κ3) is 3.94. The van der Waals surface area contributed by atoms with Gasteiger partial charge in [0.2, 0.25) is 0 Å². The number of rotatable bonds is 8. The van der Waals surface area contributed by atoms with E-state index < -0.39 is 0 Å². The Morgan fingerprint density at radius 1 is 1.00 bits per heavy atom. The number of aromatic amines is 1. The van der Waals surface area contributed by atoms with Crippen LogP contribution in [-0.4, -0.2) is 52.6 Å². The molecular weight excluding hydrogens is 432 g/mol. The summed E-state index contributed by atoms with van der Waals surface area (Å²) in [5.41, 5.74) is 5.13. The highest BCUT2D eigenvalue weighted by atomic mass is 16.5. The van der Waals surface area contributed by atoms with E-state index in [4.69, 9.17) is 9.72 Å². The van der Waals surface area contributed by atoms with E-state index in [2.05, 4.69) is 62.0 Å². The van der Waals surface area contributed by atoms with Gasteiger partial charge in [-0.05, 0) is 33.5 Å². The van der Waals surface area contributed by atoms with Crippen molar-refractivity contribution in [3.8, 4) is 34.3 Å². The predicted octanol–water partition coefficient (Wildman–Crippen LogP) is 3.78. The second kappa shape index (κ2) is 9.26. The first-order chi connectivity index (χ1) is 16.7. The molecule has 0 saturated heterocycles. The van der Waals surface area contributed by atoms with Crippen molar-refractivity contribution >= 4 is 11.0 Å². The molecule has 0 saturated carbocycles. The number of hydrogen-bond donors (Lipinski definition) is 2. The summed E-state index contributed by atoms with van der Waals surface area (Å²) in [6, 6.07) is 16.3. The summed E-state index contributed by atoms with van der Waals surface area (Å²) >= 11 is 0. The topological polar surface area (TPSA) is 128 Å². The number of aromatic nitrogens is 8. The second-order valence-corrected chi connectivity index (χ2v) is 7.94. The molecule has 10 nitrogen and oxygen atoms in total. The summed E-state index contributed by atoms with van der Waals surface area (Å²) in [6.45, 7) is 2.67. The molecule has 5 rings (SSSR count). The van der Waals surface area contributed by atoms with Gasteiger partial charge in [0, 0.05) is 18.5 Å². The lowest BCUT2D eigenvalue weighted by molar-refractivity contribution is 0.387. The van der Waals surface area contributed by atoms with Crippen LogP contribution >= 0.6 is 0 Å². The molecule has 3 aromatic heterocycles. The Morgan fingerprint density at radius 3 is 2.50 bits per heavy atom. The fraction of sp³-hybridized carbons (Fsp3) is 0.250. The molecule has 2 N–H and O–H groups in total. The maximum atomic E-state index is 10.5. The van der Waals surface area contributed by atoms with Gasteiger partial charge >= 0.3 is 0 Å². The first-order valence-electron chi connectivity index (χ1n) is 11.1. The van der Waals surface area contributed by atoms with E-state index in [0.717, 1.165) is 47.3 Å². The lowest BCUT2D eigenvalue weighted by Gasteiger charge is -2.11. The monoisotopic (exact) mass is 456 g/mol. The Morgan fingerprint density at radius 2 is 1.79 bits per heavy atom. The number of hydrogen-bond acceptors (Lipinski definition) is 8. The molecular formula is C24H24N8O2. The van der Waals surface area contributed by atoms with Crippen molar-refractivity contribution in [1.82, 2.24) is 40.4 Å². The minimum absolute atomic E-state index is 0.155. The highest BCUT2D eigenvalue weighted by Gasteiger charge is 2.20. The molecule has 0 atom stereocenters. The third-order valence-electron chi connectivity index (χ3n) is 5.78. The molecule has 10 heteroatoms. The van der Waals surface area contributed by atoms with Crippen molar-refractivity contribution in [3.63, 3.8) is 0 Å². The molecule has 0 radical (unpaired) electrons. The van der Waals surface area contributed by atoms with E-state index >= 15 is 0 Å². The number of benzene rings is 2. The Hall–Kier alpha value is -4.34. The van der Waals surface area contributed by atoms with Crippen molar-refractivity contribution in [2.24, 2.45) is 0 Å². The number of nitrogens with one attached hydrogen (secondary N) is 1. The van der Waals surface area contributed by atoms with Crippen LogP contribution in [0.25, 0.3) is 33.5 Å². The van der Waals surface area contributed by atoms with Gasteiger partial charge in [0.1, 0.15) is 11.3 Å². The number of ether oxygens (including phenoxy) is 1. The van der Waals surface area contributed by atoms with Gasteiger partial charge in [-0.15, -0.1) is 15.3 Å². The summed E-state index contributed by atoms with van der Waals surface area (Å²) < 4.78 is 7.34. The lowest BCUT2D eigenvalue weighted by Crippen LogP contribution is -2.06. The van der Waals surface area contributed by atoms with E-state index in [0.29, 0.717) is 29.3 Å². The van der Waals surface area contributed by atoms with Gasteiger partial charge in [-0.1, -0.05) is 61.9 Å². The van der Waals surface area contributed by atoms with Crippen LogP contribution in [0.1, 0.15) is 31.2 Å². The molecule has 0 aliphatic heterocycles. The van der Waals surface area contributed by atoms with Gasteiger partial charge in [-0.2, -0.15) is 0 Å². The zero-order valence-electron chi connectivity index (χ0n) is 18.9. The second-order valence-electron chi connectivity index (χ2n) is 7.94. The molecule has 0 aliphatic rings. The van der Waals surface area contributed by atoms with Crippen molar-refractivity contribution in [2.75, 3.05) is 7.11 Å². The molecule has 172 valence electrons. The zero-order chi connectivity index (χ0) is 23.5. The van der Waals surface area contributed by atoms with E-state index in [1.54, 1.807) is 0 Å². The van der Waals surface area contributed by atoms with Gasteiger partial charge in [-0.25, -0.2) is 10.1 Å².